The lowest BCUT2D eigenvalue weighted by Gasteiger charge is -2.11. The molecular weight excluding hydrogens is 258 g/mol. The summed E-state index contributed by atoms with van der Waals surface area (Å²) in [5.74, 6) is 5.78. The molecular formula is C14H17N3O3. The number of nitrogen functional groups attached to an aromatic ring is 1. The van der Waals surface area contributed by atoms with E-state index in [-0.39, 0.29) is 12.3 Å². The van der Waals surface area contributed by atoms with Gasteiger partial charge in [0.2, 0.25) is 0 Å². The number of carbonyl (C=O) groups is 1. The molecule has 3 N–H and O–H groups in total. The van der Waals surface area contributed by atoms with Gasteiger partial charge >= 0.3 is 0 Å². The number of nitrogens with two attached hydrogens (primary N) is 1. The Bertz CT molecular complexity index is 635. The summed E-state index contributed by atoms with van der Waals surface area (Å²) in [6.07, 6.45) is 0. The maximum absolute atomic E-state index is 11.2. The summed E-state index contributed by atoms with van der Waals surface area (Å²) in [5, 5.41) is 3.61. The van der Waals surface area contributed by atoms with E-state index in [0.717, 1.165) is 16.9 Å². The zero-order chi connectivity index (χ0) is 14.7. The second-order valence-electron chi connectivity index (χ2n) is 4.65. The SMILES string of the molecule is Cc1cc(C)c(C)c(OCc2cc(C(=O)NN)no2)c1. The molecule has 6 heteroatoms. The molecule has 0 fully saturated rings. The number of hydrogen-bond donors (Lipinski definition) is 2. The van der Waals surface area contributed by atoms with Gasteiger partial charge in [0, 0.05) is 6.07 Å². The van der Waals surface area contributed by atoms with Crippen molar-refractivity contribution in [1.82, 2.24) is 10.6 Å². The highest BCUT2D eigenvalue weighted by Gasteiger charge is 2.12. The van der Waals surface area contributed by atoms with Crippen LogP contribution in [0.3, 0.4) is 0 Å². The minimum Gasteiger partial charge on any atom is -0.485 e. The van der Waals surface area contributed by atoms with Crippen LogP contribution in [0, 0.1) is 20.8 Å². The molecule has 0 saturated heterocycles. The van der Waals surface area contributed by atoms with E-state index in [9.17, 15) is 4.79 Å². The van der Waals surface area contributed by atoms with E-state index >= 15 is 0 Å². The Hall–Kier alpha value is -2.34. The van der Waals surface area contributed by atoms with Crippen LogP contribution in [-0.2, 0) is 6.61 Å². The molecule has 6 nitrogen and oxygen atoms in total. The molecule has 0 atom stereocenters. The highest BCUT2D eigenvalue weighted by molar-refractivity contribution is 5.91. The summed E-state index contributed by atoms with van der Waals surface area (Å²) in [6.45, 7) is 6.25. The monoisotopic (exact) mass is 275 g/mol. The van der Waals surface area contributed by atoms with Gasteiger partial charge in [-0.05, 0) is 43.5 Å². The molecule has 2 aromatic rings. The van der Waals surface area contributed by atoms with Crippen molar-refractivity contribution in [1.29, 1.82) is 0 Å². The van der Waals surface area contributed by atoms with Gasteiger partial charge in [0.05, 0.1) is 0 Å². The molecule has 0 saturated carbocycles. The number of nitrogens with one attached hydrogen (secondary N) is 1. The van der Waals surface area contributed by atoms with Gasteiger partial charge in [-0.25, -0.2) is 5.84 Å². The Labute approximate surface area is 116 Å². The van der Waals surface area contributed by atoms with Crippen molar-refractivity contribution in [3.05, 3.63) is 46.3 Å². The number of rotatable bonds is 4. The number of aryl methyl sites for hydroxylation is 2. The Kier molecular flexibility index (Phi) is 4.05. The first-order chi connectivity index (χ1) is 9.51. The molecule has 0 bridgehead atoms. The smallest absolute Gasteiger partial charge is 0.287 e. The molecule has 1 aromatic heterocycles. The standard InChI is InChI=1S/C14H17N3O3/c1-8-4-9(2)10(3)13(5-8)19-7-11-6-12(17-20-11)14(18)16-15/h4-6H,7,15H2,1-3H3,(H,16,18). The first kappa shape index (κ1) is 14.1. The summed E-state index contributed by atoms with van der Waals surface area (Å²) in [7, 11) is 0. The summed E-state index contributed by atoms with van der Waals surface area (Å²) >= 11 is 0. The van der Waals surface area contributed by atoms with E-state index in [1.54, 1.807) is 0 Å². The molecule has 20 heavy (non-hydrogen) atoms. The lowest BCUT2D eigenvalue weighted by atomic mass is 10.1. The van der Waals surface area contributed by atoms with Crippen LogP contribution in [0.15, 0.2) is 22.7 Å². The van der Waals surface area contributed by atoms with Crippen molar-refractivity contribution < 1.29 is 14.1 Å². The fraction of sp³-hybridized carbons (Fsp3) is 0.286. The molecule has 1 aromatic carbocycles. The Morgan fingerprint density at radius 3 is 2.80 bits per heavy atom. The Morgan fingerprint density at radius 2 is 2.10 bits per heavy atom. The average Bonchev–Trinajstić information content (AvgIpc) is 2.89. The summed E-state index contributed by atoms with van der Waals surface area (Å²) < 4.78 is 10.7. The zero-order valence-corrected chi connectivity index (χ0v) is 11.7. The van der Waals surface area contributed by atoms with Gasteiger partial charge in [0.15, 0.2) is 11.5 Å². The van der Waals surface area contributed by atoms with Crippen molar-refractivity contribution in [3.63, 3.8) is 0 Å². The molecule has 106 valence electrons. The number of amides is 1. The summed E-state index contributed by atoms with van der Waals surface area (Å²) in [6, 6.07) is 5.56. The number of hydrogen-bond acceptors (Lipinski definition) is 5. The highest BCUT2D eigenvalue weighted by atomic mass is 16.5. The number of aromatic nitrogens is 1. The summed E-state index contributed by atoms with van der Waals surface area (Å²) in [5.41, 5.74) is 5.49. The van der Waals surface area contributed by atoms with Crippen molar-refractivity contribution in [3.8, 4) is 5.75 Å². The fourth-order valence-electron chi connectivity index (χ4n) is 1.86. The second kappa shape index (κ2) is 5.75. The minimum absolute atomic E-state index is 0.128. The highest BCUT2D eigenvalue weighted by Crippen LogP contribution is 2.24. The second-order valence-corrected chi connectivity index (χ2v) is 4.65. The van der Waals surface area contributed by atoms with Crippen LogP contribution in [0.4, 0.5) is 0 Å². The average molecular weight is 275 g/mol. The number of nitrogens with zero attached hydrogens (tertiary/aromatic N) is 1. The van der Waals surface area contributed by atoms with Crippen LogP contribution >= 0.6 is 0 Å². The summed E-state index contributed by atoms with van der Waals surface area (Å²) in [4.78, 5) is 11.2. The Balaban J connectivity index is 2.09. The van der Waals surface area contributed by atoms with E-state index in [0.29, 0.717) is 5.76 Å². The van der Waals surface area contributed by atoms with Gasteiger partial charge in [-0.1, -0.05) is 11.2 Å². The normalized spacial score (nSPS) is 10.4. The van der Waals surface area contributed by atoms with Gasteiger partial charge < -0.3 is 9.26 Å². The quantitative estimate of drug-likeness (QED) is 0.504. The fourth-order valence-corrected chi connectivity index (χ4v) is 1.86. The van der Waals surface area contributed by atoms with Crippen LogP contribution in [0.1, 0.15) is 32.9 Å². The number of ether oxygens (including phenoxy) is 1. The van der Waals surface area contributed by atoms with Gasteiger partial charge in [-0.15, -0.1) is 0 Å². The van der Waals surface area contributed by atoms with E-state index in [1.807, 2.05) is 32.3 Å². The van der Waals surface area contributed by atoms with Crippen LogP contribution in [0.2, 0.25) is 0 Å². The molecule has 1 amide bonds. The van der Waals surface area contributed by atoms with Crippen LogP contribution in [0.25, 0.3) is 0 Å². The first-order valence-corrected chi connectivity index (χ1v) is 6.18. The molecule has 0 aliphatic heterocycles. The molecule has 0 aliphatic rings. The van der Waals surface area contributed by atoms with E-state index in [4.69, 9.17) is 15.1 Å². The zero-order valence-electron chi connectivity index (χ0n) is 11.7. The van der Waals surface area contributed by atoms with Crippen molar-refractivity contribution in [2.24, 2.45) is 5.84 Å². The minimum atomic E-state index is -0.498. The lowest BCUT2D eigenvalue weighted by Crippen LogP contribution is -2.30. The molecule has 0 unspecified atom stereocenters. The van der Waals surface area contributed by atoms with Gasteiger partial charge in [-0.3, -0.25) is 10.2 Å². The third-order valence-corrected chi connectivity index (χ3v) is 3.06. The van der Waals surface area contributed by atoms with Gasteiger partial charge in [0.25, 0.3) is 5.91 Å². The third kappa shape index (κ3) is 2.97. The largest absolute Gasteiger partial charge is 0.485 e. The molecule has 1 heterocycles. The lowest BCUT2D eigenvalue weighted by molar-refractivity contribution is 0.0944. The van der Waals surface area contributed by atoms with Crippen molar-refractivity contribution in [2.75, 3.05) is 0 Å². The van der Waals surface area contributed by atoms with E-state index in [2.05, 4.69) is 11.2 Å². The topological polar surface area (TPSA) is 90.4 Å². The molecule has 0 aliphatic carbocycles. The van der Waals surface area contributed by atoms with Crippen molar-refractivity contribution in [2.45, 2.75) is 27.4 Å². The number of hydrazine groups is 1. The van der Waals surface area contributed by atoms with Gasteiger partial charge in [0.1, 0.15) is 12.4 Å². The van der Waals surface area contributed by atoms with Gasteiger partial charge in [-0.2, -0.15) is 0 Å². The van der Waals surface area contributed by atoms with E-state index < -0.39 is 5.91 Å². The van der Waals surface area contributed by atoms with E-state index in [1.165, 1.54) is 11.6 Å². The Morgan fingerprint density at radius 1 is 1.35 bits per heavy atom. The molecule has 0 spiro atoms. The predicted octanol–water partition coefficient (Wildman–Crippen LogP) is 1.78. The number of benzene rings is 1. The molecule has 0 radical (unpaired) electrons. The predicted molar refractivity (Wildman–Crippen MR) is 73.1 cm³/mol. The maximum atomic E-state index is 11.2. The first-order valence-electron chi connectivity index (χ1n) is 6.18. The molecule has 2 rings (SSSR count). The van der Waals surface area contributed by atoms with Crippen molar-refractivity contribution >= 4 is 5.91 Å². The third-order valence-electron chi connectivity index (χ3n) is 3.06. The van der Waals surface area contributed by atoms with Crippen LogP contribution < -0.4 is 16.0 Å². The van der Waals surface area contributed by atoms with Crippen LogP contribution in [0.5, 0.6) is 5.75 Å². The maximum Gasteiger partial charge on any atom is 0.287 e. The van der Waals surface area contributed by atoms with Crippen LogP contribution in [-0.4, -0.2) is 11.1 Å². The number of carbonyl (C=O) groups excluding carboxylic acids is 1.